The number of nitrogens with one attached hydrogen (secondary N) is 3. The summed E-state index contributed by atoms with van der Waals surface area (Å²) in [4.78, 5) is 0. The number of H-pyrrole nitrogens is 3. The number of aromatic nitrogens is 6. The molecule has 3 aromatic heterocycles. The van der Waals surface area contributed by atoms with Gasteiger partial charge in [0.25, 0.3) is 6.71 Å². The van der Waals surface area contributed by atoms with Crippen molar-refractivity contribution in [2.75, 3.05) is 39.6 Å². The Morgan fingerprint density at radius 2 is 0.609 bits per heavy atom. The van der Waals surface area contributed by atoms with Crippen LogP contribution in [0.3, 0.4) is 0 Å². The molecule has 0 aliphatic carbocycles. The Bertz CT molecular complexity index is 1070. The summed E-state index contributed by atoms with van der Waals surface area (Å²) >= 11 is 0. The minimum Gasteiger partial charge on any atom is -0.478 e. The van der Waals surface area contributed by atoms with Gasteiger partial charge in [-0.3, -0.25) is 0 Å². The fourth-order valence-electron chi connectivity index (χ4n) is 4.30. The van der Waals surface area contributed by atoms with Gasteiger partial charge in [0.05, 0.1) is 56.0 Å². The molecule has 13 heteroatoms. The van der Waals surface area contributed by atoms with Gasteiger partial charge in [-0.25, -0.2) is 15.3 Å². The van der Waals surface area contributed by atoms with Gasteiger partial charge in [-0.05, 0) is 35.5 Å². The lowest BCUT2D eigenvalue weighted by Gasteiger charge is -2.21. The van der Waals surface area contributed by atoms with Crippen molar-refractivity contribution in [3.05, 3.63) is 0 Å². The van der Waals surface area contributed by atoms with E-state index >= 15 is 0 Å². The van der Waals surface area contributed by atoms with Crippen LogP contribution in [0.2, 0.25) is 0 Å². The number of aromatic amines is 3. The van der Waals surface area contributed by atoms with Crippen molar-refractivity contribution < 1.29 is 28.4 Å². The predicted octanol–water partition coefficient (Wildman–Crippen LogP) is 4.58. The van der Waals surface area contributed by atoms with Crippen LogP contribution in [0.4, 0.5) is 0 Å². The molecule has 0 aliphatic rings. The van der Waals surface area contributed by atoms with Gasteiger partial charge < -0.3 is 28.4 Å². The summed E-state index contributed by atoms with van der Waals surface area (Å²) in [6.45, 7) is 27.2. The first-order chi connectivity index (χ1) is 21.8. The Balaban J connectivity index is 2.41. The molecular formula is C33H57BN6O6. The van der Waals surface area contributed by atoms with Crippen molar-refractivity contribution in [2.24, 2.45) is 35.5 Å². The van der Waals surface area contributed by atoms with Crippen LogP contribution in [0.5, 0.6) is 35.3 Å². The first-order valence-corrected chi connectivity index (χ1v) is 16.8. The number of nitrogens with zero attached hydrogens (tertiary/aromatic N) is 3. The number of hydrogen-bond acceptors (Lipinski definition) is 9. The molecule has 0 unspecified atom stereocenters. The summed E-state index contributed by atoms with van der Waals surface area (Å²) in [7, 11) is 0. The van der Waals surface area contributed by atoms with Gasteiger partial charge in [-0.1, -0.05) is 83.1 Å². The third-order valence-corrected chi connectivity index (χ3v) is 6.41. The zero-order valence-electron chi connectivity index (χ0n) is 30.1. The molecule has 46 heavy (non-hydrogen) atoms. The summed E-state index contributed by atoms with van der Waals surface area (Å²) in [6, 6.07) is 0. The molecule has 3 heterocycles. The maximum absolute atomic E-state index is 6.39. The summed E-state index contributed by atoms with van der Waals surface area (Å²) in [5.74, 6) is 4.17. The van der Waals surface area contributed by atoms with E-state index < -0.39 is 6.71 Å². The van der Waals surface area contributed by atoms with Gasteiger partial charge in [0, 0.05) is 0 Å². The van der Waals surface area contributed by atoms with E-state index in [0.717, 1.165) is 0 Å². The minimum absolute atomic E-state index is 0.260. The molecule has 3 rings (SSSR count). The molecule has 258 valence electrons. The van der Waals surface area contributed by atoms with Crippen molar-refractivity contribution in [2.45, 2.75) is 83.1 Å². The molecule has 0 bridgehead atoms. The largest absolute Gasteiger partial charge is 0.478 e. The fourth-order valence-corrected chi connectivity index (χ4v) is 4.30. The number of ether oxygens (including phenoxy) is 6. The van der Waals surface area contributed by atoms with E-state index in [2.05, 4.69) is 114 Å². The van der Waals surface area contributed by atoms with Crippen LogP contribution < -0.4 is 44.8 Å². The first-order valence-electron chi connectivity index (χ1n) is 16.8. The molecule has 12 nitrogen and oxygen atoms in total. The van der Waals surface area contributed by atoms with Crippen LogP contribution >= 0.6 is 0 Å². The highest BCUT2D eigenvalue weighted by molar-refractivity contribution is 6.98. The Morgan fingerprint density at radius 3 is 0.826 bits per heavy atom. The van der Waals surface area contributed by atoms with Gasteiger partial charge >= 0.3 is 0 Å². The second-order valence-electron chi connectivity index (χ2n) is 14.5. The highest BCUT2D eigenvalue weighted by Gasteiger charge is 2.44. The third kappa shape index (κ3) is 10.5. The smallest absolute Gasteiger partial charge is 0.283 e. The molecule has 0 radical (unpaired) electrons. The van der Waals surface area contributed by atoms with Crippen LogP contribution in [0.25, 0.3) is 0 Å². The van der Waals surface area contributed by atoms with E-state index in [1.54, 1.807) is 0 Å². The Morgan fingerprint density at radius 1 is 0.391 bits per heavy atom. The highest BCUT2D eigenvalue weighted by Crippen LogP contribution is 2.26. The molecule has 0 spiro atoms. The van der Waals surface area contributed by atoms with E-state index in [1.165, 1.54) is 0 Å². The van der Waals surface area contributed by atoms with Crippen LogP contribution in [0.1, 0.15) is 83.1 Å². The third-order valence-electron chi connectivity index (χ3n) is 6.41. The molecule has 0 amide bonds. The van der Waals surface area contributed by atoms with Crippen LogP contribution in [0.15, 0.2) is 0 Å². The monoisotopic (exact) mass is 644 g/mol. The van der Waals surface area contributed by atoms with Gasteiger partial charge in [-0.15, -0.1) is 15.3 Å². The minimum atomic E-state index is -0.686. The van der Waals surface area contributed by atoms with Crippen molar-refractivity contribution in [1.29, 1.82) is 0 Å². The summed E-state index contributed by atoms with van der Waals surface area (Å²) in [6.07, 6.45) is 0. The van der Waals surface area contributed by atoms with E-state index in [9.17, 15) is 0 Å². The van der Waals surface area contributed by atoms with Crippen molar-refractivity contribution in [3.8, 4) is 35.3 Å². The second-order valence-corrected chi connectivity index (χ2v) is 14.5. The Hall–Kier alpha value is -3.51. The molecule has 0 fully saturated rings. The second kappa shape index (κ2) is 17.4. The Kier molecular flexibility index (Phi) is 14.0. The maximum Gasteiger partial charge on any atom is 0.283 e. The molecule has 0 aliphatic heterocycles. The lowest BCUT2D eigenvalue weighted by molar-refractivity contribution is 0.260. The summed E-state index contributed by atoms with van der Waals surface area (Å²) in [5, 5.41) is 23.2. The van der Waals surface area contributed by atoms with Gasteiger partial charge in [0.1, 0.15) is 0 Å². The van der Waals surface area contributed by atoms with E-state index in [0.29, 0.717) is 91.3 Å². The zero-order chi connectivity index (χ0) is 34.0. The SMILES string of the molecule is CC(C)COc1n[nH]c(OCC(C)C)c1B(c1c(OCC(C)C)n[nH]c1OCC(C)C)c1c(OCC(C)C)n[nH]c1OCC(C)C. The molecule has 3 N–H and O–H groups in total. The predicted molar refractivity (Wildman–Crippen MR) is 182 cm³/mol. The van der Waals surface area contributed by atoms with Crippen LogP contribution in [-0.4, -0.2) is 76.9 Å². The quantitative estimate of drug-likeness (QED) is 0.142. The average molecular weight is 645 g/mol. The maximum atomic E-state index is 6.39. The zero-order valence-corrected chi connectivity index (χ0v) is 30.1. The number of rotatable bonds is 21. The van der Waals surface area contributed by atoms with Crippen molar-refractivity contribution >= 4 is 23.1 Å². The van der Waals surface area contributed by atoms with E-state index in [4.69, 9.17) is 28.4 Å². The van der Waals surface area contributed by atoms with Gasteiger partial charge in [0.15, 0.2) is 0 Å². The average Bonchev–Trinajstić information content (AvgIpc) is 3.68. The van der Waals surface area contributed by atoms with Crippen LogP contribution in [0, 0.1) is 35.5 Å². The number of hydrogen-bond donors (Lipinski definition) is 3. The standard InChI is InChI=1S/C33H57BN6O6/c1-19(2)13-41-28-25(29(36-35-28)42-14-20(3)4)34(26-30(43-15-21(5)6)37-38-31(26)44-16-22(7)8)27-32(45-17-23(9)10)39-40-33(27)46-18-24(11)12/h19-24H,13-18H2,1-12H3,(H,35,36)(H,37,38)(H,39,40). The van der Waals surface area contributed by atoms with Crippen molar-refractivity contribution in [1.82, 2.24) is 30.6 Å². The topological polar surface area (TPSA) is 141 Å². The normalized spacial score (nSPS) is 11.9. The van der Waals surface area contributed by atoms with Gasteiger partial charge in [0.2, 0.25) is 35.3 Å². The summed E-state index contributed by atoms with van der Waals surface area (Å²) < 4.78 is 38.3. The molecule has 0 saturated heterocycles. The fraction of sp³-hybridized carbons (Fsp3) is 0.727. The van der Waals surface area contributed by atoms with E-state index in [1.807, 2.05) is 0 Å². The molecule has 0 saturated carbocycles. The molecule has 0 aromatic carbocycles. The molecule has 0 atom stereocenters. The highest BCUT2D eigenvalue weighted by atomic mass is 16.5. The molecular weight excluding hydrogens is 587 g/mol. The lowest BCUT2D eigenvalue weighted by Crippen LogP contribution is -2.54. The summed E-state index contributed by atoms with van der Waals surface area (Å²) in [5.41, 5.74) is 1.95. The molecule has 3 aromatic rings. The van der Waals surface area contributed by atoms with Gasteiger partial charge in [-0.2, -0.15) is 0 Å². The van der Waals surface area contributed by atoms with E-state index in [-0.39, 0.29) is 35.5 Å². The van der Waals surface area contributed by atoms with Crippen molar-refractivity contribution in [3.63, 3.8) is 0 Å². The lowest BCUT2D eigenvalue weighted by atomic mass is 9.37. The Labute approximate surface area is 275 Å². The van der Waals surface area contributed by atoms with Crippen LogP contribution in [-0.2, 0) is 0 Å². The first kappa shape index (κ1) is 37.0.